The van der Waals surface area contributed by atoms with Crippen molar-refractivity contribution in [2.45, 2.75) is 58.5 Å². The second-order valence-corrected chi connectivity index (χ2v) is 7.49. The molecule has 0 saturated heterocycles. The van der Waals surface area contributed by atoms with Crippen molar-refractivity contribution < 1.29 is 8.42 Å². The van der Waals surface area contributed by atoms with Gasteiger partial charge in [-0.05, 0) is 31.4 Å². The first kappa shape index (κ1) is 18.2. The minimum absolute atomic E-state index is 0.368. The molecule has 1 rings (SSSR count). The number of nitrogens with zero attached hydrogens (tertiary/aromatic N) is 1. The molecule has 0 unspecified atom stereocenters. The molecule has 0 spiro atoms. The van der Waals surface area contributed by atoms with Gasteiger partial charge in [0, 0.05) is 31.5 Å². The van der Waals surface area contributed by atoms with Gasteiger partial charge in [-0.1, -0.05) is 27.7 Å². The Kier molecular flexibility index (Phi) is 7.42. The van der Waals surface area contributed by atoms with E-state index in [-0.39, 0.29) is 0 Å². The zero-order chi connectivity index (χ0) is 15.9. The number of aromatic nitrogens is 1. The van der Waals surface area contributed by atoms with Crippen molar-refractivity contribution in [3.8, 4) is 0 Å². The molecule has 0 aromatic carbocycles. The maximum Gasteiger partial charge on any atom is 0.242 e. The Bertz CT molecular complexity index is 521. The molecule has 0 aliphatic carbocycles. The van der Waals surface area contributed by atoms with E-state index in [1.807, 2.05) is 11.5 Å². The lowest BCUT2D eigenvalue weighted by atomic mass is 10.1. The van der Waals surface area contributed by atoms with Gasteiger partial charge in [0.05, 0.1) is 4.90 Å². The summed E-state index contributed by atoms with van der Waals surface area (Å²) in [6.45, 7) is 11.2. The van der Waals surface area contributed by atoms with Crippen LogP contribution < -0.4 is 10.0 Å². The lowest BCUT2D eigenvalue weighted by Crippen LogP contribution is -2.25. The topological polar surface area (TPSA) is 63.1 Å². The number of rotatable bonds is 10. The first-order valence-corrected chi connectivity index (χ1v) is 9.28. The molecule has 0 aliphatic heterocycles. The number of sulfonamides is 1. The standard InChI is InChI=1S/C15H29N3O2S/c1-5-9-18-12-15(10-14(18)11-16-6-2)21(19,20)17-8-7-13(3)4/h10,12-13,16-17H,5-9,11H2,1-4H3. The summed E-state index contributed by atoms with van der Waals surface area (Å²) in [5, 5.41) is 3.25. The molecule has 1 aromatic heterocycles. The van der Waals surface area contributed by atoms with Crippen molar-refractivity contribution in [3.05, 3.63) is 18.0 Å². The highest BCUT2D eigenvalue weighted by atomic mass is 32.2. The Labute approximate surface area is 129 Å². The van der Waals surface area contributed by atoms with Crippen LogP contribution in [-0.2, 0) is 23.1 Å². The first-order chi connectivity index (χ1) is 9.90. The van der Waals surface area contributed by atoms with Gasteiger partial charge in [0.2, 0.25) is 10.0 Å². The molecule has 0 fully saturated rings. The van der Waals surface area contributed by atoms with Crippen LogP contribution in [-0.4, -0.2) is 26.1 Å². The molecule has 6 heteroatoms. The van der Waals surface area contributed by atoms with Crippen LogP contribution in [0.15, 0.2) is 17.2 Å². The van der Waals surface area contributed by atoms with Crippen LogP contribution in [0, 0.1) is 5.92 Å². The average molecular weight is 315 g/mol. The highest BCUT2D eigenvalue weighted by molar-refractivity contribution is 7.89. The van der Waals surface area contributed by atoms with E-state index < -0.39 is 10.0 Å². The van der Waals surface area contributed by atoms with E-state index in [1.165, 1.54) is 0 Å². The molecule has 0 aliphatic rings. The number of nitrogens with one attached hydrogen (secondary N) is 2. The largest absolute Gasteiger partial charge is 0.349 e. The lowest BCUT2D eigenvalue weighted by molar-refractivity contribution is 0.551. The Hall–Kier alpha value is -0.850. The van der Waals surface area contributed by atoms with Gasteiger partial charge >= 0.3 is 0 Å². The van der Waals surface area contributed by atoms with E-state index in [2.05, 4.69) is 30.8 Å². The first-order valence-electron chi connectivity index (χ1n) is 7.80. The summed E-state index contributed by atoms with van der Waals surface area (Å²) in [6.07, 6.45) is 3.57. The maximum absolute atomic E-state index is 12.3. The summed E-state index contributed by atoms with van der Waals surface area (Å²) in [5.41, 5.74) is 1.02. The van der Waals surface area contributed by atoms with Crippen molar-refractivity contribution in [2.75, 3.05) is 13.1 Å². The zero-order valence-electron chi connectivity index (χ0n) is 13.6. The second-order valence-electron chi connectivity index (χ2n) is 5.72. The van der Waals surface area contributed by atoms with Gasteiger partial charge in [0.25, 0.3) is 0 Å². The number of hydrogen-bond donors (Lipinski definition) is 2. The monoisotopic (exact) mass is 315 g/mol. The van der Waals surface area contributed by atoms with Crippen molar-refractivity contribution in [2.24, 2.45) is 5.92 Å². The Morgan fingerprint density at radius 1 is 1.29 bits per heavy atom. The van der Waals surface area contributed by atoms with Crippen LogP contribution in [0.2, 0.25) is 0 Å². The molecule has 1 heterocycles. The third-order valence-electron chi connectivity index (χ3n) is 3.31. The van der Waals surface area contributed by atoms with Crippen molar-refractivity contribution in [3.63, 3.8) is 0 Å². The molecule has 0 amide bonds. The number of hydrogen-bond acceptors (Lipinski definition) is 3. The molecular formula is C15H29N3O2S. The molecule has 0 atom stereocenters. The summed E-state index contributed by atoms with van der Waals surface area (Å²) in [5.74, 6) is 0.488. The van der Waals surface area contributed by atoms with E-state index >= 15 is 0 Å². The fraction of sp³-hybridized carbons (Fsp3) is 0.733. The molecule has 1 aromatic rings. The lowest BCUT2D eigenvalue weighted by Gasteiger charge is -2.07. The molecular weight excluding hydrogens is 286 g/mol. The summed E-state index contributed by atoms with van der Waals surface area (Å²) in [7, 11) is -3.40. The smallest absolute Gasteiger partial charge is 0.242 e. The summed E-state index contributed by atoms with van der Waals surface area (Å²) < 4.78 is 29.3. The predicted octanol–water partition coefficient (Wildman–Crippen LogP) is 2.33. The van der Waals surface area contributed by atoms with Gasteiger partial charge in [0.1, 0.15) is 0 Å². The van der Waals surface area contributed by atoms with Crippen LogP contribution in [0.4, 0.5) is 0 Å². The van der Waals surface area contributed by atoms with E-state index in [0.717, 1.165) is 31.6 Å². The van der Waals surface area contributed by atoms with E-state index in [0.29, 0.717) is 23.9 Å². The van der Waals surface area contributed by atoms with Gasteiger partial charge in [-0.2, -0.15) is 0 Å². The molecule has 0 radical (unpaired) electrons. The highest BCUT2D eigenvalue weighted by Crippen LogP contribution is 2.15. The van der Waals surface area contributed by atoms with Gasteiger partial charge < -0.3 is 9.88 Å². The molecule has 5 nitrogen and oxygen atoms in total. The fourth-order valence-electron chi connectivity index (χ4n) is 2.09. The Balaban J connectivity index is 2.85. The highest BCUT2D eigenvalue weighted by Gasteiger charge is 2.17. The van der Waals surface area contributed by atoms with Gasteiger partial charge in [-0.15, -0.1) is 0 Å². The molecule has 2 N–H and O–H groups in total. The minimum Gasteiger partial charge on any atom is -0.349 e. The zero-order valence-corrected chi connectivity index (χ0v) is 14.5. The van der Waals surface area contributed by atoms with Crippen LogP contribution >= 0.6 is 0 Å². The molecule has 0 bridgehead atoms. The fourth-order valence-corrected chi connectivity index (χ4v) is 3.20. The molecule has 122 valence electrons. The minimum atomic E-state index is -3.40. The molecule has 21 heavy (non-hydrogen) atoms. The average Bonchev–Trinajstić information content (AvgIpc) is 2.80. The Morgan fingerprint density at radius 3 is 2.57 bits per heavy atom. The van der Waals surface area contributed by atoms with Crippen LogP contribution in [0.25, 0.3) is 0 Å². The third kappa shape index (κ3) is 5.80. The van der Waals surface area contributed by atoms with Crippen molar-refractivity contribution in [1.29, 1.82) is 0 Å². The van der Waals surface area contributed by atoms with E-state index in [1.54, 1.807) is 12.3 Å². The summed E-state index contributed by atoms with van der Waals surface area (Å²) in [6, 6.07) is 1.77. The predicted molar refractivity (Wildman–Crippen MR) is 86.7 cm³/mol. The van der Waals surface area contributed by atoms with Crippen molar-refractivity contribution in [1.82, 2.24) is 14.6 Å². The molecule has 0 saturated carbocycles. The SMILES string of the molecule is CCCn1cc(S(=O)(=O)NCCC(C)C)cc1CNCC. The maximum atomic E-state index is 12.3. The van der Waals surface area contributed by atoms with Crippen LogP contribution in [0.5, 0.6) is 0 Å². The van der Waals surface area contributed by atoms with Crippen molar-refractivity contribution >= 4 is 10.0 Å². The summed E-state index contributed by atoms with van der Waals surface area (Å²) in [4.78, 5) is 0.368. The Morgan fingerprint density at radius 2 is 2.00 bits per heavy atom. The third-order valence-corrected chi connectivity index (χ3v) is 4.73. The number of aryl methyl sites for hydroxylation is 1. The second kappa shape index (κ2) is 8.56. The van der Waals surface area contributed by atoms with Gasteiger partial charge in [-0.25, -0.2) is 13.1 Å². The van der Waals surface area contributed by atoms with E-state index in [9.17, 15) is 8.42 Å². The van der Waals surface area contributed by atoms with E-state index in [4.69, 9.17) is 0 Å². The quantitative estimate of drug-likeness (QED) is 0.696. The van der Waals surface area contributed by atoms with Gasteiger partial charge in [-0.3, -0.25) is 0 Å². The van der Waals surface area contributed by atoms with Gasteiger partial charge in [0.15, 0.2) is 0 Å². The van der Waals surface area contributed by atoms with Crippen LogP contribution in [0.3, 0.4) is 0 Å². The normalized spacial score (nSPS) is 12.2. The summed E-state index contributed by atoms with van der Waals surface area (Å²) >= 11 is 0. The van der Waals surface area contributed by atoms with Crippen LogP contribution in [0.1, 0.15) is 46.2 Å².